The van der Waals surface area contributed by atoms with Crippen LogP contribution in [0.3, 0.4) is 0 Å². The molecule has 1 aromatic heterocycles. The van der Waals surface area contributed by atoms with E-state index in [9.17, 15) is 18.4 Å². The van der Waals surface area contributed by atoms with Crippen molar-refractivity contribution < 1.29 is 23.0 Å². The second kappa shape index (κ2) is 11.4. The van der Waals surface area contributed by atoms with E-state index in [4.69, 9.17) is 4.74 Å². The fraction of sp³-hybridized carbons (Fsp3) is 0.375. The van der Waals surface area contributed by atoms with Gasteiger partial charge < -0.3 is 14.8 Å². The summed E-state index contributed by atoms with van der Waals surface area (Å²) in [4.78, 5) is 25.7. The summed E-state index contributed by atoms with van der Waals surface area (Å²) < 4.78 is 35.9. The van der Waals surface area contributed by atoms with Crippen molar-refractivity contribution >= 4 is 16.7 Å². The summed E-state index contributed by atoms with van der Waals surface area (Å²) >= 11 is 0. The number of halogens is 2. The topological polar surface area (TPSA) is 82.5 Å². The van der Waals surface area contributed by atoms with E-state index in [2.05, 4.69) is 22.1 Å². The van der Waals surface area contributed by atoms with Crippen molar-refractivity contribution in [3.05, 3.63) is 64.1 Å². The maximum absolute atomic E-state index is 12.9. The standard InChI is InChI=1S/C24H27F2N3O4/c1-3-4-7-14-29-23(31)18-9-6-5-8-17(18)21(28-29)22(30)27-13-12-16-10-11-19(33-24(25)26)20(15-16)32-2/h5-6,8-11,15,24H,3-4,7,12-14H2,1-2H3,(H,27,30). The van der Waals surface area contributed by atoms with Crippen LogP contribution in [-0.2, 0) is 13.0 Å². The van der Waals surface area contributed by atoms with Crippen molar-refractivity contribution in [2.24, 2.45) is 0 Å². The summed E-state index contributed by atoms with van der Waals surface area (Å²) in [5.74, 6) is -0.257. The Kier molecular flexibility index (Phi) is 8.34. The van der Waals surface area contributed by atoms with Gasteiger partial charge in [-0.2, -0.15) is 13.9 Å². The van der Waals surface area contributed by atoms with Gasteiger partial charge in [-0.05, 0) is 36.6 Å². The van der Waals surface area contributed by atoms with Crippen LogP contribution in [0, 0.1) is 0 Å². The SMILES string of the molecule is CCCCCn1nc(C(=O)NCCc2ccc(OC(F)F)c(OC)c2)c2ccccc2c1=O. The second-order valence-corrected chi connectivity index (χ2v) is 7.50. The number of aromatic nitrogens is 2. The Hall–Kier alpha value is -3.49. The van der Waals surface area contributed by atoms with Gasteiger partial charge in [-0.25, -0.2) is 4.68 Å². The van der Waals surface area contributed by atoms with E-state index in [1.54, 1.807) is 36.4 Å². The third kappa shape index (κ3) is 6.06. The molecule has 2 aromatic carbocycles. The second-order valence-electron chi connectivity index (χ2n) is 7.50. The zero-order valence-corrected chi connectivity index (χ0v) is 18.6. The van der Waals surface area contributed by atoms with Crippen LogP contribution in [-0.4, -0.2) is 36.0 Å². The number of carbonyl (C=O) groups is 1. The molecule has 0 radical (unpaired) electrons. The summed E-state index contributed by atoms with van der Waals surface area (Å²) in [6.45, 7) is -0.145. The van der Waals surface area contributed by atoms with Gasteiger partial charge in [0, 0.05) is 18.5 Å². The number of nitrogens with zero attached hydrogens (tertiary/aromatic N) is 2. The Bertz CT molecular complexity index is 1160. The molecule has 0 atom stereocenters. The Morgan fingerprint density at radius 3 is 2.58 bits per heavy atom. The minimum absolute atomic E-state index is 0.0544. The molecule has 0 saturated carbocycles. The molecule has 0 spiro atoms. The van der Waals surface area contributed by atoms with Crippen molar-refractivity contribution in [3.8, 4) is 11.5 Å². The molecular weight excluding hydrogens is 432 g/mol. The third-order valence-electron chi connectivity index (χ3n) is 5.20. The quantitative estimate of drug-likeness (QED) is 0.435. The van der Waals surface area contributed by atoms with Crippen LogP contribution in [0.4, 0.5) is 8.78 Å². The van der Waals surface area contributed by atoms with E-state index < -0.39 is 6.61 Å². The van der Waals surface area contributed by atoms with Crippen LogP contribution in [0.5, 0.6) is 11.5 Å². The van der Waals surface area contributed by atoms with Crippen LogP contribution >= 0.6 is 0 Å². The van der Waals surface area contributed by atoms with Gasteiger partial charge in [0.1, 0.15) is 0 Å². The average Bonchev–Trinajstić information content (AvgIpc) is 2.81. The molecule has 0 aliphatic carbocycles. The molecule has 1 N–H and O–H groups in total. The highest BCUT2D eigenvalue weighted by atomic mass is 19.3. The highest BCUT2D eigenvalue weighted by Crippen LogP contribution is 2.29. The van der Waals surface area contributed by atoms with Crippen LogP contribution in [0.25, 0.3) is 10.8 Å². The largest absolute Gasteiger partial charge is 0.493 e. The lowest BCUT2D eigenvalue weighted by Crippen LogP contribution is -2.31. The van der Waals surface area contributed by atoms with E-state index in [0.29, 0.717) is 23.7 Å². The van der Waals surface area contributed by atoms with Gasteiger partial charge in [0.15, 0.2) is 17.2 Å². The smallest absolute Gasteiger partial charge is 0.387 e. The van der Waals surface area contributed by atoms with Gasteiger partial charge in [0.25, 0.3) is 11.5 Å². The summed E-state index contributed by atoms with van der Waals surface area (Å²) in [6.07, 6.45) is 3.21. The highest BCUT2D eigenvalue weighted by Gasteiger charge is 2.17. The predicted molar refractivity (Wildman–Crippen MR) is 121 cm³/mol. The van der Waals surface area contributed by atoms with Crippen LogP contribution in [0.2, 0.25) is 0 Å². The highest BCUT2D eigenvalue weighted by molar-refractivity contribution is 6.04. The van der Waals surface area contributed by atoms with Crippen molar-refractivity contribution in [1.82, 2.24) is 15.1 Å². The average molecular weight is 459 g/mol. The molecule has 0 bridgehead atoms. The molecule has 7 nitrogen and oxygen atoms in total. The molecule has 0 aliphatic rings. The van der Waals surface area contributed by atoms with Gasteiger partial charge >= 0.3 is 6.61 Å². The van der Waals surface area contributed by atoms with Crippen molar-refractivity contribution in [3.63, 3.8) is 0 Å². The molecule has 3 rings (SSSR count). The Labute approximate surface area is 190 Å². The lowest BCUT2D eigenvalue weighted by molar-refractivity contribution is -0.0512. The molecule has 3 aromatic rings. The Balaban J connectivity index is 1.74. The molecule has 0 saturated heterocycles. The van der Waals surface area contributed by atoms with E-state index >= 15 is 0 Å². The zero-order chi connectivity index (χ0) is 23.8. The lowest BCUT2D eigenvalue weighted by Gasteiger charge is -2.13. The molecule has 33 heavy (non-hydrogen) atoms. The number of amides is 1. The fourth-order valence-corrected chi connectivity index (χ4v) is 3.53. The summed E-state index contributed by atoms with van der Waals surface area (Å²) in [7, 11) is 1.37. The Morgan fingerprint density at radius 2 is 1.88 bits per heavy atom. The zero-order valence-electron chi connectivity index (χ0n) is 18.6. The first kappa shape index (κ1) is 24.2. The number of rotatable bonds is 11. The first-order chi connectivity index (χ1) is 15.9. The number of ether oxygens (including phenoxy) is 2. The van der Waals surface area contributed by atoms with Gasteiger partial charge in [-0.3, -0.25) is 9.59 Å². The van der Waals surface area contributed by atoms with Crippen LogP contribution in [0.15, 0.2) is 47.3 Å². The number of methoxy groups -OCH3 is 1. The van der Waals surface area contributed by atoms with E-state index in [1.807, 2.05) is 0 Å². The maximum atomic E-state index is 12.9. The summed E-state index contributed by atoms with van der Waals surface area (Å²) in [5.41, 5.74) is 0.757. The molecular formula is C24H27F2N3O4. The van der Waals surface area contributed by atoms with Gasteiger partial charge in [0.05, 0.1) is 12.5 Å². The minimum atomic E-state index is -2.95. The molecule has 0 unspecified atom stereocenters. The van der Waals surface area contributed by atoms with Gasteiger partial charge in [-0.15, -0.1) is 0 Å². The van der Waals surface area contributed by atoms with Gasteiger partial charge in [0.2, 0.25) is 0 Å². The number of nitrogens with one attached hydrogen (secondary N) is 1. The predicted octanol–water partition coefficient (Wildman–Crippen LogP) is 4.17. The molecule has 0 fully saturated rings. The molecule has 1 amide bonds. The minimum Gasteiger partial charge on any atom is -0.493 e. The summed E-state index contributed by atoms with van der Waals surface area (Å²) in [6, 6.07) is 11.6. The molecule has 0 aliphatic heterocycles. The summed E-state index contributed by atoms with van der Waals surface area (Å²) in [5, 5.41) is 8.13. The van der Waals surface area contributed by atoms with Crippen molar-refractivity contribution in [2.45, 2.75) is 45.8 Å². The monoisotopic (exact) mass is 459 g/mol. The number of alkyl halides is 2. The Morgan fingerprint density at radius 1 is 1.12 bits per heavy atom. The number of carbonyl (C=O) groups excluding carboxylic acids is 1. The normalized spacial score (nSPS) is 11.1. The number of hydrogen-bond donors (Lipinski definition) is 1. The number of unbranched alkanes of at least 4 members (excludes halogenated alkanes) is 2. The fourth-order valence-electron chi connectivity index (χ4n) is 3.53. The third-order valence-corrected chi connectivity index (χ3v) is 5.20. The number of aryl methyl sites for hydroxylation is 1. The lowest BCUT2D eigenvalue weighted by atomic mass is 10.1. The number of hydrogen-bond acceptors (Lipinski definition) is 5. The van der Waals surface area contributed by atoms with E-state index in [-0.39, 0.29) is 35.2 Å². The maximum Gasteiger partial charge on any atom is 0.387 e. The molecule has 9 heteroatoms. The van der Waals surface area contributed by atoms with Crippen molar-refractivity contribution in [2.75, 3.05) is 13.7 Å². The first-order valence-corrected chi connectivity index (χ1v) is 10.8. The van der Waals surface area contributed by atoms with Crippen molar-refractivity contribution in [1.29, 1.82) is 0 Å². The van der Waals surface area contributed by atoms with E-state index in [0.717, 1.165) is 24.8 Å². The van der Waals surface area contributed by atoms with E-state index in [1.165, 1.54) is 17.9 Å². The molecule has 1 heterocycles. The van der Waals surface area contributed by atoms with Crippen LogP contribution < -0.4 is 20.3 Å². The number of fused-ring (bicyclic) bond motifs is 1. The van der Waals surface area contributed by atoms with Gasteiger partial charge in [-0.1, -0.05) is 44.0 Å². The van der Waals surface area contributed by atoms with Crippen LogP contribution in [0.1, 0.15) is 42.2 Å². The number of benzene rings is 2. The molecule has 176 valence electrons. The first-order valence-electron chi connectivity index (χ1n) is 10.8.